The maximum Gasteiger partial charge on any atom is 0.407 e. The van der Waals surface area contributed by atoms with Gasteiger partial charge in [0, 0.05) is 11.1 Å². The topological polar surface area (TPSA) is 85.4 Å². The summed E-state index contributed by atoms with van der Waals surface area (Å²) in [5, 5.41) is 4.42. The molecule has 0 radical (unpaired) electrons. The number of rotatable bonds is 4. The molecule has 0 spiro atoms. The average molecular weight is 405 g/mol. The monoisotopic (exact) mass is 404 g/mol. The van der Waals surface area contributed by atoms with E-state index in [1.54, 1.807) is 39.0 Å². The van der Waals surface area contributed by atoms with Gasteiger partial charge in [0.05, 0.1) is 11.4 Å². The van der Waals surface area contributed by atoms with Crippen LogP contribution in [0.15, 0.2) is 57.9 Å². The van der Waals surface area contributed by atoms with E-state index in [4.69, 9.17) is 4.74 Å². The lowest BCUT2D eigenvalue weighted by atomic mass is 10.1. The van der Waals surface area contributed by atoms with Crippen LogP contribution in [-0.2, 0) is 21.1 Å². The van der Waals surface area contributed by atoms with Crippen LogP contribution < -0.4 is 5.32 Å². The number of hydrogen-bond donors (Lipinski definition) is 1. The third kappa shape index (κ3) is 4.64. The Balaban J connectivity index is 1.77. The van der Waals surface area contributed by atoms with Crippen molar-refractivity contribution < 1.29 is 17.9 Å². The molecule has 0 aliphatic carbocycles. The molecule has 0 saturated carbocycles. The van der Waals surface area contributed by atoms with E-state index in [2.05, 4.69) is 10.3 Å². The van der Waals surface area contributed by atoms with Crippen molar-refractivity contribution in [3.05, 3.63) is 53.5 Å². The lowest BCUT2D eigenvalue weighted by Gasteiger charge is -2.19. The third-order valence-electron chi connectivity index (χ3n) is 3.60. The first-order chi connectivity index (χ1) is 12.6. The summed E-state index contributed by atoms with van der Waals surface area (Å²) in [6, 6.07) is 12.6. The zero-order valence-corrected chi connectivity index (χ0v) is 16.9. The summed E-state index contributed by atoms with van der Waals surface area (Å²) in [7, 11) is -3.71. The Bertz CT molecular complexity index is 1080. The number of nitrogens with one attached hydrogen (secondary N) is 1. The molecule has 3 rings (SSSR count). The number of ether oxygens (including phenoxy) is 1. The van der Waals surface area contributed by atoms with Crippen LogP contribution in [0, 0.1) is 0 Å². The van der Waals surface area contributed by atoms with Crippen molar-refractivity contribution in [2.75, 3.05) is 0 Å². The first kappa shape index (κ1) is 19.3. The second-order valence-corrected chi connectivity index (χ2v) is 10.2. The number of hydrogen-bond acceptors (Lipinski definition) is 6. The van der Waals surface area contributed by atoms with E-state index in [0.717, 1.165) is 22.1 Å². The molecule has 3 aromatic rings. The zero-order chi connectivity index (χ0) is 19.7. The van der Waals surface area contributed by atoms with Gasteiger partial charge in [0.2, 0.25) is 14.2 Å². The molecule has 0 aliphatic heterocycles. The largest absolute Gasteiger partial charge is 0.444 e. The summed E-state index contributed by atoms with van der Waals surface area (Å²) >= 11 is 1.03. The third-order valence-corrected chi connectivity index (χ3v) is 6.74. The van der Waals surface area contributed by atoms with Crippen molar-refractivity contribution in [2.45, 2.75) is 42.2 Å². The zero-order valence-electron chi connectivity index (χ0n) is 15.2. The molecule has 0 bridgehead atoms. The van der Waals surface area contributed by atoms with E-state index < -0.39 is 21.5 Å². The minimum atomic E-state index is -3.71. The van der Waals surface area contributed by atoms with Crippen molar-refractivity contribution in [1.82, 2.24) is 10.3 Å². The molecular formula is C19H20N2O4S2. The molecule has 1 N–H and O–H groups in total. The second-order valence-electron chi connectivity index (χ2n) is 6.96. The van der Waals surface area contributed by atoms with Crippen LogP contribution in [0.3, 0.4) is 0 Å². The lowest BCUT2D eigenvalue weighted by molar-refractivity contribution is 0.0524. The van der Waals surface area contributed by atoms with Crippen molar-refractivity contribution in [1.29, 1.82) is 0 Å². The van der Waals surface area contributed by atoms with E-state index in [1.807, 2.05) is 24.3 Å². The van der Waals surface area contributed by atoms with Crippen LogP contribution in [-0.4, -0.2) is 25.1 Å². The first-order valence-electron chi connectivity index (χ1n) is 8.31. The van der Waals surface area contributed by atoms with Crippen molar-refractivity contribution in [2.24, 2.45) is 0 Å². The predicted octanol–water partition coefficient (Wildman–Crippen LogP) is 4.15. The Hall–Kier alpha value is -2.45. The summed E-state index contributed by atoms with van der Waals surface area (Å²) in [6.07, 6.45) is 0.894. The number of sulfone groups is 1. The standard InChI is InChI=1S/C19H20N2O4S2/c1-19(2,3)25-17(22)20-11-15-12-21-18(26-15)27(23,24)16-9-8-13-6-4-5-7-14(13)10-16/h4-10,12H,11H2,1-3H3,(H,20,22). The molecule has 6 nitrogen and oxygen atoms in total. The highest BCUT2D eigenvalue weighted by molar-refractivity contribution is 7.93. The van der Waals surface area contributed by atoms with E-state index in [9.17, 15) is 13.2 Å². The van der Waals surface area contributed by atoms with Crippen LogP contribution in [0.1, 0.15) is 25.6 Å². The molecule has 0 saturated heterocycles. The minimum Gasteiger partial charge on any atom is -0.444 e. The molecule has 0 fully saturated rings. The van der Waals surface area contributed by atoms with Gasteiger partial charge in [-0.3, -0.25) is 0 Å². The highest BCUT2D eigenvalue weighted by Crippen LogP contribution is 2.27. The summed E-state index contributed by atoms with van der Waals surface area (Å²) in [5.41, 5.74) is -0.595. The van der Waals surface area contributed by atoms with Gasteiger partial charge >= 0.3 is 6.09 Å². The van der Waals surface area contributed by atoms with Crippen LogP contribution in [0.2, 0.25) is 0 Å². The maximum absolute atomic E-state index is 12.9. The molecule has 2 aromatic carbocycles. The minimum absolute atomic E-state index is 0.00114. The Labute approximate surface area is 162 Å². The highest BCUT2D eigenvalue weighted by Gasteiger charge is 2.22. The predicted molar refractivity (Wildman–Crippen MR) is 105 cm³/mol. The van der Waals surface area contributed by atoms with Gasteiger partial charge in [0.25, 0.3) is 0 Å². The molecule has 0 atom stereocenters. The summed E-state index contributed by atoms with van der Waals surface area (Å²) in [4.78, 5) is 16.6. The second kappa shape index (κ2) is 7.28. The van der Waals surface area contributed by atoms with Gasteiger partial charge in [-0.15, -0.1) is 11.3 Å². The number of aromatic nitrogens is 1. The number of fused-ring (bicyclic) bond motifs is 1. The number of nitrogens with zero attached hydrogens (tertiary/aromatic N) is 1. The smallest absolute Gasteiger partial charge is 0.407 e. The fraction of sp³-hybridized carbons (Fsp3) is 0.263. The normalized spacial score (nSPS) is 12.1. The number of benzene rings is 2. The number of carbonyl (C=O) groups is 1. The molecule has 142 valence electrons. The van der Waals surface area contributed by atoms with Crippen molar-refractivity contribution in [3.8, 4) is 0 Å². The molecule has 1 heterocycles. The van der Waals surface area contributed by atoms with Crippen molar-refractivity contribution >= 4 is 38.0 Å². The van der Waals surface area contributed by atoms with Gasteiger partial charge in [-0.25, -0.2) is 18.2 Å². The van der Waals surface area contributed by atoms with Crippen LogP contribution >= 0.6 is 11.3 Å². The van der Waals surface area contributed by atoms with Crippen LogP contribution in [0.25, 0.3) is 10.8 Å². The van der Waals surface area contributed by atoms with Gasteiger partial charge in [0.1, 0.15) is 5.60 Å². The fourth-order valence-corrected chi connectivity index (χ4v) is 4.95. The van der Waals surface area contributed by atoms with E-state index in [0.29, 0.717) is 4.88 Å². The summed E-state index contributed by atoms with van der Waals surface area (Å²) < 4.78 is 30.9. The Morgan fingerprint density at radius 1 is 1.15 bits per heavy atom. The Kier molecular flexibility index (Phi) is 5.21. The Morgan fingerprint density at radius 3 is 2.56 bits per heavy atom. The summed E-state index contributed by atoms with van der Waals surface area (Å²) in [6.45, 7) is 5.47. The number of carbonyl (C=O) groups excluding carboxylic acids is 1. The number of thiazole rings is 1. The molecule has 0 aliphatic rings. The fourth-order valence-electron chi connectivity index (χ4n) is 2.40. The van der Waals surface area contributed by atoms with E-state index in [-0.39, 0.29) is 15.8 Å². The van der Waals surface area contributed by atoms with Gasteiger partial charge in [-0.2, -0.15) is 0 Å². The number of alkyl carbamates (subject to hydrolysis) is 1. The maximum atomic E-state index is 12.9. The quantitative estimate of drug-likeness (QED) is 0.706. The Morgan fingerprint density at radius 2 is 1.85 bits per heavy atom. The van der Waals surface area contributed by atoms with Crippen LogP contribution in [0.5, 0.6) is 0 Å². The molecule has 8 heteroatoms. The van der Waals surface area contributed by atoms with E-state index in [1.165, 1.54) is 6.20 Å². The van der Waals surface area contributed by atoms with E-state index >= 15 is 0 Å². The van der Waals surface area contributed by atoms with Gasteiger partial charge in [-0.05, 0) is 43.7 Å². The first-order valence-corrected chi connectivity index (χ1v) is 10.6. The summed E-state index contributed by atoms with van der Waals surface area (Å²) in [5.74, 6) is 0. The lowest BCUT2D eigenvalue weighted by Crippen LogP contribution is -2.31. The number of amides is 1. The average Bonchev–Trinajstić information content (AvgIpc) is 3.08. The van der Waals surface area contributed by atoms with Gasteiger partial charge < -0.3 is 10.1 Å². The van der Waals surface area contributed by atoms with Gasteiger partial charge in [-0.1, -0.05) is 30.3 Å². The molecule has 1 amide bonds. The van der Waals surface area contributed by atoms with Crippen molar-refractivity contribution in [3.63, 3.8) is 0 Å². The van der Waals surface area contributed by atoms with Gasteiger partial charge in [0.15, 0.2) is 0 Å². The molecule has 1 aromatic heterocycles. The SMILES string of the molecule is CC(C)(C)OC(=O)NCc1cnc(S(=O)(=O)c2ccc3ccccc3c2)s1. The molecule has 27 heavy (non-hydrogen) atoms. The highest BCUT2D eigenvalue weighted by atomic mass is 32.2. The molecule has 0 unspecified atom stereocenters. The molecular weight excluding hydrogens is 384 g/mol. The van der Waals surface area contributed by atoms with Crippen LogP contribution in [0.4, 0.5) is 4.79 Å².